The number of hydrogen-bond donors (Lipinski definition) is 1. The summed E-state index contributed by atoms with van der Waals surface area (Å²) < 4.78 is 42.7. The van der Waals surface area contributed by atoms with Crippen molar-refractivity contribution >= 4 is 21.6 Å². The summed E-state index contributed by atoms with van der Waals surface area (Å²) in [5.74, 6) is -0.147. The van der Waals surface area contributed by atoms with Crippen molar-refractivity contribution < 1.29 is 27.4 Å². The SMILES string of the molecule is COc1ccc(S(=O)(=O)N2CCCCC2)cc1NC(=O)C1=COCCO1. The van der Waals surface area contributed by atoms with Crippen molar-refractivity contribution in [3.8, 4) is 5.75 Å². The normalized spacial score (nSPS) is 18.3. The number of rotatable bonds is 5. The van der Waals surface area contributed by atoms with Crippen molar-refractivity contribution in [2.45, 2.75) is 24.2 Å². The van der Waals surface area contributed by atoms with Crippen LogP contribution in [-0.4, -0.2) is 52.0 Å². The molecule has 3 rings (SSSR count). The van der Waals surface area contributed by atoms with E-state index in [0.717, 1.165) is 19.3 Å². The summed E-state index contributed by atoms with van der Waals surface area (Å²) in [5.41, 5.74) is 0.255. The Morgan fingerprint density at radius 1 is 1.19 bits per heavy atom. The van der Waals surface area contributed by atoms with Crippen LogP contribution in [0.2, 0.25) is 0 Å². The Kier molecular flexibility index (Phi) is 5.67. The molecule has 0 saturated carbocycles. The molecule has 0 bridgehead atoms. The monoisotopic (exact) mass is 382 g/mol. The van der Waals surface area contributed by atoms with Gasteiger partial charge in [0.05, 0.1) is 17.7 Å². The summed E-state index contributed by atoms with van der Waals surface area (Å²) in [4.78, 5) is 12.4. The standard InChI is InChI=1S/C17H22N2O6S/c1-23-15-6-5-13(26(21,22)19-7-3-2-4-8-19)11-14(15)18-17(20)16-12-24-9-10-25-16/h5-6,11-12H,2-4,7-10H2,1H3,(H,18,20). The van der Waals surface area contributed by atoms with Gasteiger partial charge in [-0.05, 0) is 31.0 Å². The predicted octanol–water partition coefficient (Wildman–Crippen LogP) is 1.70. The van der Waals surface area contributed by atoms with Crippen LogP contribution in [0.3, 0.4) is 0 Å². The van der Waals surface area contributed by atoms with Crippen LogP contribution in [0.4, 0.5) is 5.69 Å². The summed E-state index contributed by atoms with van der Waals surface area (Å²) >= 11 is 0. The van der Waals surface area contributed by atoms with Gasteiger partial charge in [-0.3, -0.25) is 4.79 Å². The Morgan fingerprint density at radius 3 is 2.62 bits per heavy atom. The zero-order valence-electron chi connectivity index (χ0n) is 14.6. The first-order valence-electron chi connectivity index (χ1n) is 8.46. The van der Waals surface area contributed by atoms with E-state index in [0.29, 0.717) is 25.4 Å². The largest absolute Gasteiger partial charge is 0.495 e. The van der Waals surface area contributed by atoms with E-state index in [1.165, 1.54) is 35.9 Å². The van der Waals surface area contributed by atoms with Crippen molar-refractivity contribution in [3.63, 3.8) is 0 Å². The molecule has 9 heteroatoms. The van der Waals surface area contributed by atoms with E-state index in [9.17, 15) is 13.2 Å². The quantitative estimate of drug-likeness (QED) is 0.833. The lowest BCUT2D eigenvalue weighted by Crippen LogP contribution is -2.35. The van der Waals surface area contributed by atoms with Crippen LogP contribution in [-0.2, 0) is 24.3 Å². The molecule has 1 aromatic rings. The molecular weight excluding hydrogens is 360 g/mol. The minimum atomic E-state index is -3.61. The topological polar surface area (TPSA) is 94.2 Å². The molecule has 8 nitrogen and oxygen atoms in total. The fourth-order valence-corrected chi connectivity index (χ4v) is 4.41. The van der Waals surface area contributed by atoms with E-state index in [1.807, 2.05) is 0 Å². The van der Waals surface area contributed by atoms with Gasteiger partial charge in [0, 0.05) is 13.1 Å². The fourth-order valence-electron chi connectivity index (χ4n) is 2.87. The van der Waals surface area contributed by atoms with Crippen LogP contribution in [0.1, 0.15) is 19.3 Å². The van der Waals surface area contributed by atoms with Gasteiger partial charge in [0.25, 0.3) is 5.91 Å². The highest BCUT2D eigenvalue weighted by Gasteiger charge is 2.27. The summed E-state index contributed by atoms with van der Waals surface area (Å²) in [5, 5.41) is 2.63. The van der Waals surface area contributed by atoms with Gasteiger partial charge >= 0.3 is 0 Å². The lowest BCUT2D eigenvalue weighted by atomic mass is 10.2. The Balaban J connectivity index is 1.86. The number of methoxy groups -OCH3 is 1. The molecule has 2 aliphatic heterocycles. The molecule has 0 aromatic heterocycles. The van der Waals surface area contributed by atoms with Crippen molar-refractivity contribution in [1.82, 2.24) is 4.31 Å². The summed E-state index contributed by atoms with van der Waals surface area (Å²) in [6.45, 7) is 1.67. The Labute approximate surface area is 152 Å². The smallest absolute Gasteiger partial charge is 0.294 e. The van der Waals surface area contributed by atoms with E-state index in [4.69, 9.17) is 14.2 Å². The number of benzene rings is 1. The number of piperidine rings is 1. The summed E-state index contributed by atoms with van der Waals surface area (Å²) in [7, 11) is -2.17. The average molecular weight is 382 g/mol. The molecule has 1 N–H and O–H groups in total. The molecule has 0 atom stereocenters. The van der Waals surface area contributed by atoms with E-state index in [-0.39, 0.29) is 22.9 Å². The lowest BCUT2D eigenvalue weighted by Gasteiger charge is -2.26. The third-order valence-electron chi connectivity index (χ3n) is 4.24. The molecule has 1 saturated heterocycles. The number of carbonyl (C=O) groups excluding carboxylic acids is 1. The molecule has 1 aromatic carbocycles. The maximum absolute atomic E-state index is 12.8. The second kappa shape index (κ2) is 7.96. The molecule has 142 valence electrons. The second-order valence-electron chi connectivity index (χ2n) is 5.98. The minimum Gasteiger partial charge on any atom is -0.495 e. The first-order valence-corrected chi connectivity index (χ1v) is 9.90. The second-order valence-corrected chi connectivity index (χ2v) is 7.92. The van der Waals surface area contributed by atoms with Crippen LogP contribution in [0.15, 0.2) is 35.1 Å². The molecule has 0 unspecified atom stereocenters. The van der Waals surface area contributed by atoms with Crippen molar-refractivity contribution in [2.75, 3.05) is 38.7 Å². The first kappa shape index (κ1) is 18.5. The third kappa shape index (κ3) is 3.94. The Hall–Kier alpha value is -2.26. The van der Waals surface area contributed by atoms with Crippen LogP contribution in [0.25, 0.3) is 0 Å². The van der Waals surface area contributed by atoms with Crippen molar-refractivity contribution in [3.05, 3.63) is 30.2 Å². The predicted molar refractivity (Wildman–Crippen MR) is 94.2 cm³/mol. The van der Waals surface area contributed by atoms with Crippen LogP contribution in [0.5, 0.6) is 5.75 Å². The molecule has 0 spiro atoms. The zero-order chi connectivity index (χ0) is 18.6. The van der Waals surface area contributed by atoms with Crippen LogP contribution < -0.4 is 10.1 Å². The maximum Gasteiger partial charge on any atom is 0.294 e. The maximum atomic E-state index is 12.8. The van der Waals surface area contributed by atoms with E-state index in [2.05, 4.69) is 5.32 Å². The minimum absolute atomic E-state index is 0.0302. The molecule has 26 heavy (non-hydrogen) atoms. The number of anilines is 1. The van der Waals surface area contributed by atoms with Crippen LogP contribution >= 0.6 is 0 Å². The van der Waals surface area contributed by atoms with E-state index < -0.39 is 15.9 Å². The highest BCUT2D eigenvalue weighted by atomic mass is 32.2. The van der Waals surface area contributed by atoms with E-state index in [1.54, 1.807) is 0 Å². The number of ether oxygens (including phenoxy) is 3. The summed E-state index contributed by atoms with van der Waals surface area (Å²) in [6.07, 6.45) is 3.97. The number of carbonyl (C=O) groups is 1. The molecular formula is C17H22N2O6S. The highest BCUT2D eigenvalue weighted by Crippen LogP contribution is 2.30. The van der Waals surface area contributed by atoms with Gasteiger partial charge in [-0.15, -0.1) is 0 Å². The first-order chi connectivity index (χ1) is 12.5. The number of nitrogens with zero attached hydrogens (tertiary/aromatic N) is 1. The van der Waals surface area contributed by atoms with Gasteiger partial charge in [-0.1, -0.05) is 6.42 Å². The van der Waals surface area contributed by atoms with Crippen molar-refractivity contribution in [1.29, 1.82) is 0 Å². The zero-order valence-corrected chi connectivity index (χ0v) is 15.4. The lowest BCUT2D eigenvalue weighted by molar-refractivity contribution is -0.117. The average Bonchev–Trinajstić information content (AvgIpc) is 2.69. The Bertz CT molecular complexity index is 799. The number of nitrogens with one attached hydrogen (secondary N) is 1. The molecule has 1 fully saturated rings. The molecule has 0 aliphatic carbocycles. The number of amides is 1. The van der Waals surface area contributed by atoms with Crippen LogP contribution in [0, 0.1) is 0 Å². The highest BCUT2D eigenvalue weighted by molar-refractivity contribution is 7.89. The Morgan fingerprint density at radius 2 is 1.96 bits per heavy atom. The molecule has 2 heterocycles. The third-order valence-corrected chi connectivity index (χ3v) is 6.14. The molecule has 1 amide bonds. The van der Waals surface area contributed by atoms with Gasteiger partial charge in [-0.25, -0.2) is 8.42 Å². The molecule has 2 aliphatic rings. The number of sulfonamides is 1. The van der Waals surface area contributed by atoms with Gasteiger partial charge in [-0.2, -0.15) is 4.31 Å². The van der Waals surface area contributed by atoms with Gasteiger partial charge in [0.15, 0.2) is 0 Å². The van der Waals surface area contributed by atoms with Gasteiger partial charge < -0.3 is 19.5 Å². The van der Waals surface area contributed by atoms with E-state index >= 15 is 0 Å². The molecule has 0 radical (unpaired) electrons. The fraction of sp³-hybridized carbons (Fsp3) is 0.471. The van der Waals surface area contributed by atoms with Gasteiger partial charge in [0.2, 0.25) is 15.8 Å². The number of hydrogen-bond acceptors (Lipinski definition) is 6. The summed E-state index contributed by atoms with van der Waals surface area (Å²) in [6, 6.07) is 4.42. The van der Waals surface area contributed by atoms with Gasteiger partial charge in [0.1, 0.15) is 25.2 Å². The van der Waals surface area contributed by atoms with Crippen molar-refractivity contribution in [2.24, 2.45) is 0 Å².